The number of nitrogens with zero attached hydrogens (tertiary/aromatic N) is 5. The minimum absolute atomic E-state index is 0.197. The molecule has 0 spiro atoms. The van der Waals surface area contributed by atoms with Gasteiger partial charge >= 0.3 is 0 Å². The van der Waals surface area contributed by atoms with Crippen molar-refractivity contribution in [1.29, 1.82) is 0 Å². The van der Waals surface area contributed by atoms with E-state index in [0.717, 1.165) is 5.56 Å². The topological polar surface area (TPSA) is 94.9 Å². The van der Waals surface area contributed by atoms with E-state index in [9.17, 15) is 14.0 Å². The smallest absolute Gasteiger partial charge is 0.267 e. The number of aliphatic imine (C=N–C) groups is 1. The van der Waals surface area contributed by atoms with E-state index in [0.29, 0.717) is 59.9 Å². The van der Waals surface area contributed by atoms with Gasteiger partial charge < -0.3 is 10.6 Å². The molecular formula is C26H27ClFN7O2. The Morgan fingerprint density at radius 2 is 1.84 bits per heavy atom. The lowest BCUT2D eigenvalue weighted by molar-refractivity contribution is 0.0865. The fourth-order valence-corrected chi connectivity index (χ4v) is 4.55. The van der Waals surface area contributed by atoms with Gasteiger partial charge in [0.1, 0.15) is 17.2 Å². The number of hydrogen-bond acceptors (Lipinski definition) is 6. The van der Waals surface area contributed by atoms with Crippen LogP contribution in [-0.2, 0) is 6.54 Å². The normalized spacial score (nSPS) is 15.8. The van der Waals surface area contributed by atoms with E-state index >= 15 is 0 Å². The third kappa shape index (κ3) is 4.76. The van der Waals surface area contributed by atoms with Gasteiger partial charge in [0.2, 0.25) is 5.96 Å². The molecule has 2 aliphatic rings. The van der Waals surface area contributed by atoms with Crippen LogP contribution in [-0.4, -0.2) is 64.0 Å². The predicted octanol–water partition coefficient (Wildman–Crippen LogP) is 3.82. The maximum absolute atomic E-state index is 13.5. The third-order valence-corrected chi connectivity index (χ3v) is 6.42. The van der Waals surface area contributed by atoms with Crippen molar-refractivity contribution >= 4 is 46.7 Å². The van der Waals surface area contributed by atoms with Crippen molar-refractivity contribution in [1.82, 2.24) is 20.0 Å². The van der Waals surface area contributed by atoms with Crippen molar-refractivity contribution in [2.24, 2.45) is 4.99 Å². The van der Waals surface area contributed by atoms with Crippen LogP contribution in [0.2, 0.25) is 0 Å². The van der Waals surface area contributed by atoms with Crippen molar-refractivity contribution in [3.8, 4) is 0 Å². The standard InChI is InChI=1S/C26H27ClFN7O2/c1-26(2)15-34-22-20(24(37)33(3)25(34)31-26)21(30-19-10-8-18(28)9-11-19)35(32-22)14-16-4-6-17(7-5-16)23(36)29-13-12-27/h4-11,30H,12-15H2,1-3H3,(H,29,36). The van der Waals surface area contributed by atoms with Crippen LogP contribution in [0.3, 0.4) is 0 Å². The summed E-state index contributed by atoms with van der Waals surface area (Å²) in [5.41, 5.74) is 2.07. The number of alkyl halides is 1. The quantitative estimate of drug-likeness (QED) is 0.459. The van der Waals surface area contributed by atoms with Crippen LogP contribution in [0, 0.1) is 5.82 Å². The SMILES string of the molecule is CN1C(=O)c2c(nn(Cc3ccc(C(=O)NCCCl)cc3)c2Nc2ccc(F)cc2)N2CC(C)(C)N=C12. The number of carbonyl (C=O) groups excluding carboxylic acids is 2. The molecule has 2 aliphatic heterocycles. The summed E-state index contributed by atoms with van der Waals surface area (Å²) in [5, 5.41) is 10.9. The number of benzene rings is 2. The monoisotopic (exact) mass is 523 g/mol. The van der Waals surface area contributed by atoms with Crippen LogP contribution < -0.4 is 15.5 Å². The lowest BCUT2D eigenvalue weighted by Crippen LogP contribution is -2.48. The van der Waals surface area contributed by atoms with Crippen LogP contribution in [0.25, 0.3) is 0 Å². The number of guanidine groups is 1. The van der Waals surface area contributed by atoms with E-state index in [2.05, 4.69) is 10.6 Å². The van der Waals surface area contributed by atoms with E-state index < -0.39 is 0 Å². The third-order valence-electron chi connectivity index (χ3n) is 6.23. The summed E-state index contributed by atoms with van der Waals surface area (Å²) in [4.78, 5) is 34.0. The first-order chi connectivity index (χ1) is 17.7. The van der Waals surface area contributed by atoms with Gasteiger partial charge in [-0.2, -0.15) is 5.10 Å². The molecular weight excluding hydrogens is 497 g/mol. The Balaban J connectivity index is 1.53. The lowest BCUT2D eigenvalue weighted by atomic mass is 10.1. The highest BCUT2D eigenvalue weighted by atomic mass is 35.5. The highest BCUT2D eigenvalue weighted by molar-refractivity contribution is 6.21. The molecule has 37 heavy (non-hydrogen) atoms. The summed E-state index contributed by atoms with van der Waals surface area (Å²) in [6.07, 6.45) is 0. The van der Waals surface area contributed by atoms with Crippen molar-refractivity contribution < 1.29 is 14.0 Å². The first-order valence-electron chi connectivity index (χ1n) is 11.9. The minimum Gasteiger partial charge on any atom is -0.351 e. The highest BCUT2D eigenvalue weighted by Crippen LogP contribution is 2.38. The van der Waals surface area contributed by atoms with Crippen LogP contribution in [0.5, 0.6) is 0 Å². The number of hydrogen-bond donors (Lipinski definition) is 2. The molecule has 3 aromatic rings. The Kier molecular flexibility index (Phi) is 6.36. The Morgan fingerprint density at radius 3 is 2.51 bits per heavy atom. The van der Waals surface area contributed by atoms with Crippen LogP contribution in [0.15, 0.2) is 53.5 Å². The average molecular weight is 524 g/mol. The van der Waals surface area contributed by atoms with Crippen LogP contribution in [0.4, 0.5) is 21.7 Å². The summed E-state index contributed by atoms with van der Waals surface area (Å²) in [6.45, 7) is 5.32. The lowest BCUT2D eigenvalue weighted by Gasteiger charge is -2.30. The van der Waals surface area contributed by atoms with E-state index in [1.54, 1.807) is 36.0 Å². The van der Waals surface area contributed by atoms with Gasteiger partial charge in [0.05, 0.1) is 18.6 Å². The number of carbonyl (C=O) groups is 2. The number of rotatable bonds is 7. The molecule has 192 valence electrons. The summed E-state index contributed by atoms with van der Waals surface area (Å²) in [6, 6.07) is 13.1. The predicted molar refractivity (Wildman–Crippen MR) is 141 cm³/mol. The van der Waals surface area contributed by atoms with Gasteiger partial charge in [-0.3, -0.25) is 19.4 Å². The van der Waals surface area contributed by atoms with Gasteiger partial charge in [-0.1, -0.05) is 12.1 Å². The minimum atomic E-state index is -0.375. The molecule has 0 fully saturated rings. The molecule has 2 amide bonds. The van der Waals surface area contributed by atoms with Crippen molar-refractivity contribution in [2.45, 2.75) is 25.9 Å². The molecule has 0 saturated heterocycles. The molecule has 5 rings (SSSR count). The summed E-state index contributed by atoms with van der Waals surface area (Å²) >= 11 is 5.65. The Hall–Kier alpha value is -3.92. The zero-order valence-electron chi connectivity index (χ0n) is 20.8. The molecule has 0 atom stereocenters. The van der Waals surface area contributed by atoms with E-state index in [1.807, 2.05) is 30.9 Å². The van der Waals surface area contributed by atoms with Crippen LogP contribution >= 0.6 is 11.6 Å². The number of halogens is 2. The van der Waals surface area contributed by atoms with Gasteiger partial charge in [-0.15, -0.1) is 11.6 Å². The Bertz CT molecular complexity index is 1380. The molecule has 0 aliphatic carbocycles. The highest BCUT2D eigenvalue weighted by Gasteiger charge is 2.45. The second-order valence-electron chi connectivity index (χ2n) is 9.65. The maximum atomic E-state index is 13.5. The molecule has 0 radical (unpaired) electrons. The van der Waals surface area contributed by atoms with E-state index in [-0.39, 0.29) is 23.2 Å². The average Bonchev–Trinajstić information content (AvgIpc) is 3.39. The van der Waals surface area contributed by atoms with Crippen molar-refractivity contribution in [3.63, 3.8) is 0 Å². The van der Waals surface area contributed by atoms with Gasteiger partial charge in [-0.25, -0.2) is 14.1 Å². The zero-order chi connectivity index (χ0) is 26.3. The summed E-state index contributed by atoms with van der Waals surface area (Å²) < 4.78 is 15.3. The maximum Gasteiger partial charge on any atom is 0.267 e. The van der Waals surface area contributed by atoms with Gasteiger partial charge in [0.25, 0.3) is 11.8 Å². The number of fused-ring (bicyclic) bond motifs is 3. The molecule has 0 saturated carbocycles. The summed E-state index contributed by atoms with van der Waals surface area (Å²) in [7, 11) is 1.70. The Morgan fingerprint density at radius 1 is 1.14 bits per heavy atom. The van der Waals surface area contributed by atoms with Crippen LogP contribution in [0.1, 0.15) is 40.1 Å². The zero-order valence-corrected chi connectivity index (χ0v) is 21.5. The molecule has 0 unspecified atom stereocenters. The number of nitrogens with one attached hydrogen (secondary N) is 2. The van der Waals surface area contributed by atoms with Gasteiger partial charge in [0, 0.05) is 30.7 Å². The molecule has 9 nitrogen and oxygen atoms in total. The van der Waals surface area contributed by atoms with Crippen molar-refractivity contribution in [3.05, 3.63) is 71.0 Å². The Labute approximate surface area is 218 Å². The van der Waals surface area contributed by atoms with E-state index in [1.165, 1.54) is 17.0 Å². The molecule has 0 bridgehead atoms. The number of aromatic nitrogens is 2. The first kappa shape index (κ1) is 24.8. The summed E-state index contributed by atoms with van der Waals surface area (Å²) in [5.74, 6) is 1.13. The fraction of sp³-hybridized carbons (Fsp3) is 0.308. The molecule has 2 aromatic carbocycles. The van der Waals surface area contributed by atoms with Gasteiger partial charge in [0.15, 0.2) is 5.82 Å². The van der Waals surface area contributed by atoms with E-state index in [4.69, 9.17) is 21.7 Å². The number of anilines is 3. The molecule has 2 N–H and O–H groups in total. The first-order valence-corrected chi connectivity index (χ1v) is 12.4. The van der Waals surface area contributed by atoms with Crippen molar-refractivity contribution in [2.75, 3.05) is 36.2 Å². The molecule has 3 heterocycles. The molecule has 11 heteroatoms. The second-order valence-corrected chi connectivity index (χ2v) is 10.0. The largest absolute Gasteiger partial charge is 0.351 e. The number of amides is 2. The molecule has 1 aromatic heterocycles. The van der Waals surface area contributed by atoms with Gasteiger partial charge in [-0.05, 0) is 55.8 Å². The second kappa shape index (κ2) is 9.51. The fourth-order valence-electron chi connectivity index (χ4n) is 4.45.